The second kappa shape index (κ2) is 3.27. The average molecular weight is 160 g/mol. The van der Waals surface area contributed by atoms with Crippen molar-refractivity contribution < 1.29 is 0 Å². The smallest absolute Gasteiger partial charge is 0.101 e. The van der Waals surface area contributed by atoms with Gasteiger partial charge in [-0.2, -0.15) is 5.26 Å². The Morgan fingerprint density at radius 2 is 2.00 bits per heavy atom. The Morgan fingerprint density at radius 1 is 1.33 bits per heavy atom. The summed E-state index contributed by atoms with van der Waals surface area (Å²) in [5.74, 6) is 0. The molecule has 0 bridgehead atoms. The first-order valence-corrected chi connectivity index (χ1v) is 3.83. The molecule has 2 heteroatoms. The van der Waals surface area contributed by atoms with E-state index in [-0.39, 0.29) is 0 Å². The minimum absolute atomic E-state index is 0.727. The Hall–Kier alpha value is -1.49. The molecular weight excluding hydrogens is 148 g/mol. The molecule has 12 heavy (non-hydrogen) atoms. The minimum Gasteiger partial charge on any atom is -0.377 e. The van der Waals surface area contributed by atoms with Crippen molar-refractivity contribution in [2.24, 2.45) is 0 Å². The van der Waals surface area contributed by atoms with Gasteiger partial charge in [-0.1, -0.05) is 6.07 Å². The molecule has 0 aliphatic rings. The molecule has 0 aliphatic heterocycles. The molecule has 62 valence electrons. The van der Waals surface area contributed by atoms with E-state index in [9.17, 15) is 0 Å². The lowest BCUT2D eigenvalue weighted by Crippen LogP contribution is -2.10. The van der Waals surface area contributed by atoms with Gasteiger partial charge in [0.05, 0.1) is 11.3 Å². The lowest BCUT2D eigenvalue weighted by Gasteiger charge is -2.14. The third-order valence-electron chi connectivity index (χ3n) is 1.76. The molecule has 1 rings (SSSR count). The standard InChI is InChI=1S/C10H12N2/c1-8-4-5-9(7-11)10(6-8)12(2)3/h4-6H,1-3H3. The first-order valence-electron chi connectivity index (χ1n) is 3.83. The number of nitriles is 1. The van der Waals surface area contributed by atoms with E-state index in [1.807, 2.05) is 44.1 Å². The molecule has 0 fully saturated rings. The van der Waals surface area contributed by atoms with E-state index >= 15 is 0 Å². The maximum absolute atomic E-state index is 8.78. The summed E-state index contributed by atoms with van der Waals surface area (Å²) in [7, 11) is 3.88. The van der Waals surface area contributed by atoms with E-state index in [1.54, 1.807) is 0 Å². The lowest BCUT2D eigenvalue weighted by molar-refractivity contribution is 1.12. The van der Waals surface area contributed by atoms with Gasteiger partial charge in [0.2, 0.25) is 0 Å². The normalized spacial score (nSPS) is 9.17. The van der Waals surface area contributed by atoms with Crippen LogP contribution in [0.2, 0.25) is 0 Å². The van der Waals surface area contributed by atoms with Gasteiger partial charge in [0, 0.05) is 14.1 Å². The Morgan fingerprint density at radius 3 is 2.50 bits per heavy atom. The fourth-order valence-electron chi connectivity index (χ4n) is 1.11. The zero-order valence-electron chi connectivity index (χ0n) is 7.63. The highest BCUT2D eigenvalue weighted by molar-refractivity contribution is 5.59. The highest BCUT2D eigenvalue weighted by Gasteiger charge is 2.02. The summed E-state index contributed by atoms with van der Waals surface area (Å²) in [6.07, 6.45) is 0. The van der Waals surface area contributed by atoms with Crippen LogP contribution in [0.15, 0.2) is 18.2 Å². The largest absolute Gasteiger partial charge is 0.377 e. The second-order valence-electron chi connectivity index (χ2n) is 3.03. The van der Waals surface area contributed by atoms with Crippen molar-refractivity contribution >= 4 is 5.69 Å². The quantitative estimate of drug-likeness (QED) is 0.627. The van der Waals surface area contributed by atoms with Gasteiger partial charge in [0.15, 0.2) is 0 Å². The van der Waals surface area contributed by atoms with E-state index in [0.717, 1.165) is 11.3 Å². The molecule has 0 unspecified atom stereocenters. The highest BCUT2D eigenvalue weighted by atomic mass is 15.1. The van der Waals surface area contributed by atoms with Crippen LogP contribution in [0.4, 0.5) is 5.69 Å². The SMILES string of the molecule is Cc1ccc(C#N)c(N(C)C)c1. The molecule has 0 atom stereocenters. The molecule has 0 aliphatic carbocycles. The molecule has 0 radical (unpaired) electrons. The van der Waals surface area contributed by atoms with Crippen molar-refractivity contribution in [3.8, 4) is 6.07 Å². The Kier molecular flexibility index (Phi) is 2.35. The summed E-state index contributed by atoms with van der Waals surface area (Å²) < 4.78 is 0. The zero-order valence-corrected chi connectivity index (χ0v) is 7.63. The Bertz CT molecular complexity index is 321. The van der Waals surface area contributed by atoms with Crippen LogP contribution in [-0.2, 0) is 0 Å². The number of hydrogen-bond donors (Lipinski definition) is 0. The predicted octanol–water partition coefficient (Wildman–Crippen LogP) is 1.93. The first kappa shape index (κ1) is 8.61. The number of benzene rings is 1. The first-order chi connectivity index (χ1) is 5.65. The lowest BCUT2D eigenvalue weighted by atomic mass is 10.1. The number of anilines is 1. The molecule has 0 saturated heterocycles. The third-order valence-corrected chi connectivity index (χ3v) is 1.76. The van der Waals surface area contributed by atoms with Gasteiger partial charge in [-0.3, -0.25) is 0 Å². The van der Waals surface area contributed by atoms with Gasteiger partial charge in [-0.25, -0.2) is 0 Å². The van der Waals surface area contributed by atoms with E-state index in [4.69, 9.17) is 5.26 Å². The summed E-state index contributed by atoms with van der Waals surface area (Å²) in [6, 6.07) is 7.98. The Balaban J connectivity index is 3.24. The maximum atomic E-state index is 8.78. The molecular formula is C10H12N2. The fraction of sp³-hybridized carbons (Fsp3) is 0.300. The van der Waals surface area contributed by atoms with E-state index in [1.165, 1.54) is 5.56 Å². The minimum atomic E-state index is 0.727. The summed E-state index contributed by atoms with van der Waals surface area (Å²) in [6.45, 7) is 2.02. The van der Waals surface area contributed by atoms with Gasteiger partial charge < -0.3 is 4.90 Å². The van der Waals surface area contributed by atoms with Crippen LogP contribution in [0.3, 0.4) is 0 Å². The molecule has 0 N–H and O–H groups in total. The summed E-state index contributed by atoms with van der Waals surface area (Å²) in [4.78, 5) is 1.95. The van der Waals surface area contributed by atoms with E-state index in [2.05, 4.69) is 6.07 Å². The molecule has 0 saturated carbocycles. The average Bonchev–Trinajstić information content (AvgIpc) is 2.04. The zero-order chi connectivity index (χ0) is 9.14. The molecule has 0 heterocycles. The van der Waals surface area contributed by atoms with Crippen LogP contribution in [0, 0.1) is 18.3 Å². The summed E-state index contributed by atoms with van der Waals surface area (Å²) in [5.41, 5.74) is 2.89. The van der Waals surface area contributed by atoms with E-state index in [0.29, 0.717) is 0 Å². The van der Waals surface area contributed by atoms with Crippen molar-refractivity contribution in [2.45, 2.75) is 6.92 Å². The van der Waals surface area contributed by atoms with Gasteiger partial charge in [-0.15, -0.1) is 0 Å². The van der Waals surface area contributed by atoms with Crippen molar-refractivity contribution in [3.05, 3.63) is 29.3 Å². The van der Waals surface area contributed by atoms with Crippen LogP contribution < -0.4 is 4.90 Å². The second-order valence-corrected chi connectivity index (χ2v) is 3.03. The number of aryl methyl sites for hydroxylation is 1. The topological polar surface area (TPSA) is 27.0 Å². The number of nitrogens with zero attached hydrogens (tertiary/aromatic N) is 2. The van der Waals surface area contributed by atoms with E-state index < -0.39 is 0 Å². The maximum Gasteiger partial charge on any atom is 0.101 e. The molecule has 1 aromatic carbocycles. The number of hydrogen-bond acceptors (Lipinski definition) is 2. The van der Waals surface area contributed by atoms with Gasteiger partial charge >= 0.3 is 0 Å². The van der Waals surface area contributed by atoms with Crippen LogP contribution >= 0.6 is 0 Å². The summed E-state index contributed by atoms with van der Waals surface area (Å²) >= 11 is 0. The van der Waals surface area contributed by atoms with Gasteiger partial charge in [0.1, 0.15) is 6.07 Å². The molecule has 0 aromatic heterocycles. The van der Waals surface area contributed by atoms with Crippen LogP contribution in [-0.4, -0.2) is 14.1 Å². The van der Waals surface area contributed by atoms with Crippen molar-refractivity contribution in [3.63, 3.8) is 0 Å². The molecule has 2 nitrogen and oxygen atoms in total. The van der Waals surface area contributed by atoms with Crippen LogP contribution in [0.5, 0.6) is 0 Å². The van der Waals surface area contributed by atoms with Crippen molar-refractivity contribution in [1.29, 1.82) is 5.26 Å². The summed E-state index contributed by atoms with van der Waals surface area (Å²) in [5, 5.41) is 8.78. The third kappa shape index (κ3) is 1.57. The van der Waals surface area contributed by atoms with Crippen LogP contribution in [0.1, 0.15) is 11.1 Å². The molecule has 0 amide bonds. The van der Waals surface area contributed by atoms with Gasteiger partial charge in [-0.05, 0) is 24.6 Å². The molecule has 0 spiro atoms. The predicted molar refractivity (Wildman–Crippen MR) is 50.2 cm³/mol. The number of rotatable bonds is 1. The molecule has 1 aromatic rings. The fourth-order valence-corrected chi connectivity index (χ4v) is 1.11. The highest BCUT2D eigenvalue weighted by Crippen LogP contribution is 2.18. The van der Waals surface area contributed by atoms with Crippen molar-refractivity contribution in [1.82, 2.24) is 0 Å². The Labute approximate surface area is 73.0 Å². The monoisotopic (exact) mass is 160 g/mol. The van der Waals surface area contributed by atoms with Crippen molar-refractivity contribution in [2.75, 3.05) is 19.0 Å². The van der Waals surface area contributed by atoms with Gasteiger partial charge in [0.25, 0.3) is 0 Å². The van der Waals surface area contributed by atoms with Crippen LogP contribution in [0.25, 0.3) is 0 Å².